The first-order valence-electron chi connectivity index (χ1n) is 6.75. The first-order chi connectivity index (χ1) is 8.29. The van der Waals surface area contributed by atoms with E-state index in [1.165, 1.54) is 5.69 Å². The van der Waals surface area contributed by atoms with E-state index in [-0.39, 0.29) is 5.41 Å². The number of halogens is 1. The number of nitrogens with one attached hydrogen (secondary N) is 1. The molecule has 1 aromatic heterocycles. The van der Waals surface area contributed by atoms with E-state index >= 15 is 0 Å². The molecule has 1 N–H and O–H groups in total. The SMILES string of the molecule is CCCNC(c1c(Br)cnn1C(C)C)C(C)(C)C. The van der Waals surface area contributed by atoms with E-state index in [0.717, 1.165) is 17.4 Å². The number of hydrogen-bond donors (Lipinski definition) is 1. The smallest absolute Gasteiger partial charge is 0.0704 e. The van der Waals surface area contributed by atoms with E-state index in [0.29, 0.717) is 12.1 Å². The predicted molar refractivity (Wildman–Crippen MR) is 80.8 cm³/mol. The molecule has 0 aliphatic rings. The molecule has 0 bridgehead atoms. The van der Waals surface area contributed by atoms with Crippen LogP contribution in [0.15, 0.2) is 10.7 Å². The largest absolute Gasteiger partial charge is 0.308 e. The van der Waals surface area contributed by atoms with Gasteiger partial charge in [0.25, 0.3) is 0 Å². The van der Waals surface area contributed by atoms with Crippen LogP contribution in [0.2, 0.25) is 0 Å². The second-order valence-corrected chi connectivity index (χ2v) is 7.02. The third kappa shape index (κ3) is 3.58. The summed E-state index contributed by atoms with van der Waals surface area (Å²) >= 11 is 3.65. The molecule has 0 saturated carbocycles. The van der Waals surface area contributed by atoms with Gasteiger partial charge >= 0.3 is 0 Å². The van der Waals surface area contributed by atoms with Gasteiger partial charge in [-0.05, 0) is 48.2 Å². The summed E-state index contributed by atoms with van der Waals surface area (Å²) in [5.41, 5.74) is 1.41. The molecule has 0 saturated heterocycles. The van der Waals surface area contributed by atoms with Gasteiger partial charge in [0.15, 0.2) is 0 Å². The summed E-state index contributed by atoms with van der Waals surface area (Å²) in [5, 5.41) is 8.14. The maximum Gasteiger partial charge on any atom is 0.0704 e. The molecular weight excluding hydrogens is 290 g/mol. The lowest BCUT2D eigenvalue weighted by atomic mass is 9.84. The van der Waals surface area contributed by atoms with Crippen LogP contribution in [0, 0.1) is 5.41 Å². The van der Waals surface area contributed by atoms with Crippen LogP contribution in [0.3, 0.4) is 0 Å². The van der Waals surface area contributed by atoms with Crippen LogP contribution >= 0.6 is 15.9 Å². The quantitative estimate of drug-likeness (QED) is 0.877. The first kappa shape index (κ1) is 15.7. The molecule has 1 rings (SSSR count). The highest BCUT2D eigenvalue weighted by molar-refractivity contribution is 9.10. The predicted octanol–water partition coefficient (Wildman–Crippen LogP) is 4.31. The van der Waals surface area contributed by atoms with Crippen molar-refractivity contribution in [3.63, 3.8) is 0 Å². The zero-order valence-corrected chi connectivity index (χ0v) is 14.0. The van der Waals surface area contributed by atoms with E-state index < -0.39 is 0 Å². The first-order valence-corrected chi connectivity index (χ1v) is 7.54. The molecule has 1 aromatic rings. The Balaban J connectivity index is 3.16. The summed E-state index contributed by atoms with van der Waals surface area (Å²) in [5.74, 6) is 0. The van der Waals surface area contributed by atoms with Gasteiger partial charge in [-0.1, -0.05) is 27.7 Å². The lowest BCUT2D eigenvalue weighted by Crippen LogP contribution is -2.35. The fourth-order valence-corrected chi connectivity index (χ4v) is 2.64. The van der Waals surface area contributed by atoms with Crippen LogP contribution in [-0.2, 0) is 0 Å². The normalized spacial score (nSPS) is 14.2. The maximum atomic E-state index is 4.49. The van der Waals surface area contributed by atoms with Crippen LogP contribution in [-0.4, -0.2) is 16.3 Å². The third-order valence-electron chi connectivity index (χ3n) is 3.01. The molecule has 0 fully saturated rings. The van der Waals surface area contributed by atoms with E-state index in [1.54, 1.807) is 0 Å². The lowest BCUT2D eigenvalue weighted by molar-refractivity contribution is 0.254. The Morgan fingerprint density at radius 3 is 2.44 bits per heavy atom. The molecule has 4 heteroatoms. The summed E-state index contributed by atoms with van der Waals surface area (Å²) in [6.07, 6.45) is 3.04. The van der Waals surface area contributed by atoms with Gasteiger partial charge in [-0.15, -0.1) is 0 Å². The highest BCUT2D eigenvalue weighted by Crippen LogP contribution is 2.37. The van der Waals surface area contributed by atoms with Gasteiger partial charge < -0.3 is 5.32 Å². The molecule has 0 spiro atoms. The van der Waals surface area contributed by atoms with Gasteiger partial charge in [-0.25, -0.2) is 0 Å². The van der Waals surface area contributed by atoms with E-state index in [4.69, 9.17) is 0 Å². The van der Waals surface area contributed by atoms with Crippen molar-refractivity contribution in [1.29, 1.82) is 0 Å². The lowest BCUT2D eigenvalue weighted by Gasteiger charge is -2.33. The fourth-order valence-electron chi connectivity index (χ4n) is 2.13. The number of hydrogen-bond acceptors (Lipinski definition) is 2. The Kier molecular flexibility index (Phi) is 5.41. The zero-order valence-electron chi connectivity index (χ0n) is 12.4. The van der Waals surface area contributed by atoms with E-state index in [9.17, 15) is 0 Å². The van der Waals surface area contributed by atoms with Crippen molar-refractivity contribution < 1.29 is 0 Å². The summed E-state index contributed by atoms with van der Waals surface area (Å²) in [6, 6.07) is 0.677. The zero-order chi connectivity index (χ0) is 13.9. The van der Waals surface area contributed by atoms with E-state index in [2.05, 4.69) is 72.6 Å². The highest BCUT2D eigenvalue weighted by Gasteiger charge is 2.31. The van der Waals surface area contributed by atoms with Crippen molar-refractivity contribution in [3.8, 4) is 0 Å². The standard InChI is InChI=1S/C14H26BrN3/c1-7-8-16-13(14(4,5)6)12-11(15)9-17-18(12)10(2)3/h9-10,13,16H,7-8H2,1-6H3. The van der Waals surface area contributed by atoms with Crippen LogP contribution in [0.25, 0.3) is 0 Å². The minimum atomic E-state index is 0.157. The molecule has 18 heavy (non-hydrogen) atoms. The average molecular weight is 316 g/mol. The van der Waals surface area contributed by atoms with Crippen molar-refractivity contribution >= 4 is 15.9 Å². The number of aromatic nitrogens is 2. The third-order valence-corrected chi connectivity index (χ3v) is 3.63. The molecule has 0 amide bonds. The topological polar surface area (TPSA) is 29.9 Å². The van der Waals surface area contributed by atoms with Gasteiger partial charge in [0.1, 0.15) is 0 Å². The molecule has 104 valence electrons. The average Bonchev–Trinajstić information content (AvgIpc) is 2.59. The summed E-state index contributed by atoms with van der Waals surface area (Å²) < 4.78 is 3.21. The van der Waals surface area contributed by atoms with Crippen molar-refractivity contribution in [2.24, 2.45) is 5.41 Å². The van der Waals surface area contributed by atoms with Crippen LogP contribution in [0.4, 0.5) is 0 Å². The monoisotopic (exact) mass is 315 g/mol. The summed E-state index contributed by atoms with van der Waals surface area (Å²) in [7, 11) is 0. The fraction of sp³-hybridized carbons (Fsp3) is 0.786. The molecule has 1 unspecified atom stereocenters. The van der Waals surface area contributed by atoms with Crippen molar-refractivity contribution in [2.45, 2.75) is 60.0 Å². The van der Waals surface area contributed by atoms with Gasteiger partial charge in [-0.3, -0.25) is 4.68 Å². The minimum Gasteiger partial charge on any atom is -0.308 e. The van der Waals surface area contributed by atoms with Gasteiger partial charge in [0, 0.05) is 6.04 Å². The summed E-state index contributed by atoms with van der Waals surface area (Å²) in [4.78, 5) is 0. The molecule has 0 radical (unpaired) electrons. The molecular formula is C14H26BrN3. The Morgan fingerprint density at radius 1 is 1.39 bits per heavy atom. The molecule has 3 nitrogen and oxygen atoms in total. The Labute approximate surface area is 119 Å². The van der Waals surface area contributed by atoms with E-state index in [1.807, 2.05) is 6.20 Å². The van der Waals surface area contributed by atoms with Crippen LogP contribution < -0.4 is 5.32 Å². The number of rotatable bonds is 5. The molecule has 0 aliphatic heterocycles. The number of nitrogens with zero attached hydrogens (tertiary/aromatic N) is 2. The Morgan fingerprint density at radius 2 is 2.00 bits per heavy atom. The Hall–Kier alpha value is -0.350. The van der Waals surface area contributed by atoms with Crippen molar-refractivity contribution in [2.75, 3.05) is 6.54 Å². The second kappa shape index (κ2) is 6.20. The highest BCUT2D eigenvalue weighted by atomic mass is 79.9. The minimum absolute atomic E-state index is 0.157. The van der Waals surface area contributed by atoms with Crippen LogP contribution in [0.1, 0.15) is 65.7 Å². The molecule has 1 heterocycles. The van der Waals surface area contributed by atoms with Crippen molar-refractivity contribution in [3.05, 3.63) is 16.4 Å². The van der Waals surface area contributed by atoms with Crippen LogP contribution in [0.5, 0.6) is 0 Å². The van der Waals surface area contributed by atoms with Gasteiger partial charge in [0.05, 0.1) is 22.4 Å². The van der Waals surface area contributed by atoms with Gasteiger partial charge in [-0.2, -0.15) is 5.10 Å². The second-order valence-electron chi connectivity index (χ2n) is 6.17. The van der Waals surface area contributed by atoms with Crippen molar-refractivity contribution in [1.82, 2.24) is 15.1 Å². The summed E-state index contributed by atoms with van der Waals surface area (Å²) in [6.45, 7) is 14.4. The Bertz CT molecular complexity index is 377. The molecule has 1 atom stereocenters. The maximum absolute atomic E-state index is 4.49. The molecule has 0 aromatic carbocycles. The molecule has 0 aliphatic carbocycles. The van der Waals surface area contributed by atoms with Gasteiger partial charge in [0.2, 0.25) is 0 Å².